The summed E-state index contributed by atoms with van der Waals surface area (Å²) in [6.07, 6.45) is 1.36. The van der Waals surface area contributed by atoms with Crippen molar-refractivity contribution in [2.75, 3.05) is 20.7 Å². The fraction of sp³-hybridized carbons (Fsp3) is 0.500. The average molecular weight is 229 g/mol. The first-order valence-electron chi connectivity index (χ1n) is 5.28. The van der Waals surface area contributed by atoms with Crippen LogP contribution in [0.4, 0.5) is 8.78 Å². The minimum atomic E-state index is -0.830. The predicted molar refractivity (Wildman–Crippen MR) is 59.1 cm³/mol. The number of halogens is 2. The lowest BCUT2D eigenvalue weighted by Gasteiger charge is -2.24. The second-order valence-electron chi connectivity index (χ2n) is 4.02. The van der Waals surface area contributed by atoms with Crippen molar-refractivity contribution >= 4 is 0 Å². The molecule has 1 aromatic carbocycles. The van der Waals surface area contributed by atoms with Gasteiger partial charge < -0.3 is 10.0 Å². The molecule has 0 saturated carbocycles. The van der Waals surface area contributed by atoms with Crippen LogP contribution in [0.5, 0.6) is 0 Å². The van der Waals surface area contributed by atoms with E-state index in [0.29, 0.717) is 12.8 Å². The van der Waals surface area contributed by atoms with Crippen LogP contribution in [0.2, 0.25) is 0 Å². The molecule has 0 fully saturated rings. The first kappa shape index (κ1) is 13.1. The van der Waals surface area contributed by atoms with E-state index in [9.17, 15) is 8.78 Å². The van der Waals surface area contributed by atoms with Crippen LogP contribution in [0.1, 0.15) is 24.4 Å². The van der Waals surface area contributed by atoms with Gasteiger partial charge in [0.05, 0.1) is 0 Å². The van der Waals surface area contributed by atoms with Crippen molar-refractivity contribution in [2.24, 2.45) is 0 Å². The van der Waals surface area contributed by atoms with Gasteiger partial charge in [0.2, 0.25) is 0 Å². The van der Waals surface area contributed by atoms with E-state index in [1.807, 2.05) is 19.0 Å². The standard InChI is InChI=1S/C12H17F2NO/c1-15(2)12(4-3-7-16)9-5-6-10(13)11(14)8-9/h5-6,8,12,16H,3-4,7H2,1-2H3. The number of benzene rings is 1. The zero-order valence-corrected chi connectivity index (χ0v) is 9.58. The Morgan fingerprint density at radius 3 is 2.44 bits per heavy atom. The highest BCUT2D eigenvalue weighted by Crippen LogP contribution is 2.24. The molecule has 90 valence electrons. The van der Waals surface area contributed by atoms with Crippen molar-refractivity contribution in [2.45, 2.75) is 18.9 Å². The number of nitrogens with zero attached hydrogens (tertiary/aromatic N) is 1. The molecule has 1 atom stereocenters. The molecule has 0 amide bonds. The summed E-state index contributed by atoms with van der Waals surface area (Å²) in [6, 6.07) is 3.94. The molecule has 16 heavy (non-hydrogen) atoms. The van der Waals surface area contributed by atoms with Crippen molar-refractivity contribution in [3.05, 3.63) is 35.4 Å². The fourth-order valence-corrected chi connectivity index (χ4v) is 1.73. The Kier molecular flexibility index (Phi) is 4.83. The highest BCUT2D eigenvalue weighted by molar-refractivity contribution is 5.21. The van der Waals surface area contributed by atoms with Gasteiger partial charge in [-0.1, -0.05) is 6.07 Å². The van der Waals surface area contributed by atoms with E-state index in [-0.39, 0.29) is 12.6 Å². The van der Waals surface area contributed by atoms with Crippen LogP contribution in [0.3, 0.4) is 0 Å². The second-order valence-corrected chi connectivity index (χ2v) is 4.02. The van der Waals surface area contributed by atoms with Gasteiger partial charge in [0.25, 0.3) is 0 Å². The zero-order chi connectivity index (χ0) is 12.1. The van der Waals surface area contributed by atoms with E-state index < -0.39 is 11.6 Å². The number of hydrogen-bond acceptors (Lipinski definition) is 2. The van der Waals surface area contributed by atoms with Crippen molar-refractivity contribution < 1.29 is 13.9 Å². The summed E-state index contributed by atoms with van der Waals surface area (Å²) < 4.78 is 25.9. The van der Waals surface area contributed by atoms with E-state index in [2.05, 4.69) is 0 Å². The third-order valence-corrected chi connectivity index (χ3v) is 2.59. The maximum Gasteiger partial charge on any atom is 0.159 e. The van der Waals surface area contributed by atoms with E-state index in [1.165, 1.54) is 6.07 Å². The number of hydrogen-bond donors (Lipinski definition) is 1. The largest absolute Gasteiger partial charge is 0.396 e. The Morgan fingerprint density at radius 2 is 1.94 bits per heavy atom. The average Bonchev–Trinajstić information content (AvgIpc) is 2.23. The second kappa shape index (κ2) is 5.92. The van der Waals surface area contributed by atoms with E-state index in [4.69, 9.17) is 5.11 Å². The Labute approximate surface area is 94.5 Å². The molecule has 0 aliphatic heterocycles. The Hall–Kier alpha value is -1.00. The summed E-state index contributed by atoms with van der Waals surface area (Å²) in [5.74, 6) is -1.66. The molecule has 0 radical (unpaired) electrons. The lowest BCUT2D eigenvalue weighted by atomic mass is 10.0. The Bertz CT molecular complexity index is 342. The fourth-order valence-electron chi connectivity index (χ4n) is 1.73. The van der Waals surface area contributed by atoms with Crippen LogP contribution in [0.25, 0.3) is 0 Å². The quantitative estimate of drug-likeness (QED) is 0.837. The van der Waals surface area contributed by atoms with Crippen molar-refractivity contribution in [1.82, 2.24) is 4.90 Å². The first-order chi connectivity index (χ1) is 7.56. The SMILES string of the molecule is CN(C)C(CCCO)c1ccc(F)c(F)c1. The van der Waals surface area contributed by atoms with Crippen molar-refractivity contribution in [3.8, 4) is 0 Å². The van der Waals surface area contributed by atoms with E-state index in [1.54, 1.807) is 6.07 Å². The van der Waals surface area contributed by atoms with Gasteiger partial charge in [-0.05, 0) is 44.6 Å². The van der Waals surface area contributed by atoms with Gasteiger partial charge in [-0.2, -0.15) is 0 Å². The minimum Gasteiger partial charge on any atom is -0.396 e. The molecule has 0 bridgehead atoms. The third-order valence-electron chi connectivity index (χ3n) is 2.59. The molecule has 0 saturated heterocycles. The van der Waals surface area contributed by atoms with Gasteiger partial charge in [-0.3, -0.25) is 0 Å². The molecule has 0 heterocycles. The molecule has 0 aliphatic carbocycles. The van der Waals surface area contributed by atoms with Crippen LogP contribution >= 0.6 is 0 Å². The maximum absolute atomic E-state index is 13.1. The lowest BCUT2D eigenvalue weighted by Crippen LogP contribution is -2.20. The van der Waals surface area contributed by atoms with Gasteiger partial charge in [-0.15, -0.1) is 0 Å². The van der Waals surface area contributed by atoms with Crippen LogP contribution < -0.4 is 0 Å². The summed E-state index contributed by atoms with van der Waals surface area (Å²) in [4.78, 5) is 1.93. The number of aliphatic hydroxyl groups excluding tert-OH is 1. The summed E-state index contributed by atoms with van der Waals surface area (Å²) in [5.41, 5.74) is 0.734. The highest BCUT2D eigenvalue weighted by Gasteiger charge is 2.15. The smallest absolute Gasteiger partial charge is 0.159 e. The predicted octanol–water partition coefficient (Wildman–Crippen LogP) is 2.34. The van der Waals surface area contributed by atoms with E-state index >= 15 is 0 Å². The van der Waals surface area contributed by atoms with Crippen molar-refractivity contribution in [3.63, 3.8) is 0 Å². The normalized spacial score (nSPS) is 13.1. The molecule has 1 N–H and O–H groups in total. The maximum atomic E-state index is 13.1. The number of aliphatic hydroxyl groups is 1. The topological polar surface area (TPSA) is 23.5 Å². The summed E-state index contributed by atoms with van der Waals surface area (Å²) in [5, 5.41) is 8.79. The molecule has 0 spiro atoms. The van der Waals surface area contributed by atoms with Crippen LogP contribution in [0, 0.1) is 11.6 Å². The summed E-state index contributed by atoms with van der Waals surface area (Å²) >= 11 is 0. The number of rotatable bonds is 5. The molecular weight excluding hydrogens is 212 g/mol. The van der Waals surface area contributed by atoms with Gasteiger partial charge in [-0.25, -0.2) is 8.78 Å². The van der Waals surface area contributed by atoms with Gasteiger partial charge in [0, 0.05) is 12.6 Å². The highest BCUT2D eigenvalue weighted by atomic mass is 19.2. The van der Waals surface area contributed by atoms with Crippen molar-refractivity contribution in [1.29, 1.82) is 0 Å². The zero-order valence-electron chi connectivity index (χ0n) is 9.58. The molecule has 0 aromatic heterocycles. The third kappa shape index (κ3) is 3.25. The van der Waals surface area contributed by atoms with E-state index in [0.717, 1.165) is 11.6 Å². The van der Waals surface area contributed by atoms with Crippen LogP contribution in [-0.4, -0.2) is 30.7 Å². The Balaban J connectivity index is 2.88. The molecule has 0 aliphatic rings. The molecule has 2 nitrogen and oxygen atoms in total. The van der Waals surface area contributed by atoms with Crippen LogP contribution in [-0.2, 0) is 0 Å². The van der Waals surface area contributed by atoms with Gasteiger partial charge in [0.15, 0.2) is 11.6 Å². The summed E-state index contributed by atoms with van der Waals surface area (Å²) in [7, 11) is 3.76. The van der Waals surface area contributed by atoms with Crippen LogP contribution in [0.15, 0.2) is 18.2 Å². The van der Waals surface area contributed by atoms with Gasteiger partial charge in [0.1, 0.15) is 0 Å². The molecule has 1 rings (SSSR count). The minimum absolute atomic E-state index is 0.00208. The molecule has 1 unspecified atom stereocenters. The van der Waals surface area contributed by atoms with Gasteiger partial charge >= 0.3 is 0 Å². The molecule has 1 aromatic rings. The Morgan fingerprint density at radius 1 is 1.25 bits per heavy atom. The summed E-state index contributed by atoms with van der Waals surface area (Å²) in [6.45, 7) is 0.105. The lowest BCUT2D eigenvalue weighted by molar-refractivity contribution is 0.235. The first-order valence-corrected chi connectivity index (χ1v) is 5.28. The molecule has 4 heteroatoms. The molecular formula is C12H17F2NO. The monoisotopic (exact) mass is 229 g/mol.